The van der Waals surface area contributed by atoms with Crippen molar-refractivity contribution in [3.63, 3.8) is 0 Å². The molecule has 0 aliphatic heterocycles. The maximum absolute atomic E-state index is 8.58. The average Bonchev–Trinajstić information content (AvgIpc) is 0.722. The first-order valence-corrected chi connectivity index (χ1v) is 2.54. The van der Waals surface area contributed by atoms with E-state index in [4.69, 9.17) is 16.0 Å². The monoisotopic (exact) mass is 311 g/mol. The van der Waals surface area contributed by atoms with Crippen molar-refractivity contribution in [1.82, 2.24) is 0 Å². The van der Waals surface area contributed by atoms with Crippen molar-refractivity contribution in [3.8, 4) is 0 Å². The van der Waals surface area contributed by atoms with Crippen molar-refractivity contribution >= 4 is 0 Å². The molecule has 0 amide bonds. The van der Waals surface area contributed by atoms with E-state index in [2.05, 4.69) is 0 Å². The molecule has 0 aromatic heterocycles. The summed E-state index contributed by atoms with van der Waals surface area (Å²) in [6, 6.07) is 0. The summed E-state index contributed by atoms with van der Waals surface area (Å²) in [6.45, 7) is 0. The third kappa shape index (κ3) is 117. The zero-order valence-electron chi connectivity index (χ0n) is 4.06. The molecule has 1 radical (unpaired) electrons. The summed E-state index contributed by atoms with van der Waals surface area (Å²) in [7, 11) is 0. The quantitative estimate of drug-likeness (QED) is 0.418. The van der Waals surface area contributed by atoms with Gasteiger partial charge in [0.15, 0.2) is 0 Å². The molecule has 4 nitrogen and oxygen atoms in total. The van der Waals surface area contributed by atoms with E-state index in [-0.39, 0.29) is 80.2 Å². The molecule has 9 heavy (non-hydrogen) atoms. The van der Waals surface area contributed by atoms with Crippen LogP contribution in [0.3, 0.4) is 0 Å². The zero-order valence-corrected chi connectivity index (χ0v) is 10.5. The van der Waals surface area contributed by atoms with E-state index in [0.717, 1.165) is 0 Å². The minimum atomic E-state index is -5.62. The van der Waals surface area contributed by atoms with Crippen LogP contribution in [0.1, 0.15) is 0 Å². The predicted molar refractivity (Wildman–Crippen MR) is 1.37 cm³/mol. The molecular weight excluding hydrogens is 311 g/mol. The Morgan fingerprint density at radius 3 is 1.11 bits per heavy atom. The molecule has 0 saturated heterocycles. The fourth-order valence-corrected chi connectivity index (χ4v) is 0. The molecular formula is FeMn2NaNiO4+5. The summed E-state index contributed by atoms with van der Waals surface area (Å²) in [4.78, 5) is 0. The fraction of sp³-hybridized carbons (Fsp3) is 0. The molecule has 0 spiro atoms. The third-order valence-electron chi connectivity index (χ3n) is 0. The molecule has 0 rings (SSSR count). The van der Waals surface area contributed by atoms with Crippen LogP contribution in [0, 0.1) is 0 Å². The number of rotatable bonds is 0. The molecule has 0 aromatic rings. The van der Waals surface area contributed by atoms with Crippen LogP contribution >= 0.6 is 0 Å². The Hall–Kier alpha value is 2.57. The molecule has 0 N–H and O–H groups in total. The Morgan fingerprint density at radius 2 is 1.11 bits per heavy atom. The van der Waals surface area contributed by atoms with Gasteiger partial charge in [0.1, 0.15) is 0 Å². The van der Waals surface area contributed by atoms with Crippen LogP contribution < -0.4 is 37.9 Å². The van der Waals surface area contributed by atoms with Gasteiger partial charge >= 0.3 is 110 Å². The van der Waals surface area contributed by atoms with E-state index >= 15 is 0 Å². The summed E-state index contributed by atoms with van der Waals surface area (Å²) in [5.74, 6) is 0. The molecule has 0 unspecified atom stereocenters. The van der Waals surface area contributed by atoms with Gasteiger partial charge in [0, 0.05) is 0 Å². The van der Waals surface area contributed by atoms with E-state index in [0.29, 0.717) is 0 Å². The number of hydrogen-bond donors (Lipinski definition) is 0. The maximum atomic E-state index is 8.58. The number of hydrogen-bond acceptors (Lipinski definition) is 4. The molecule has 0 aromatic carbocycles. The van der Waals surface area contributed by atoms with Gasteiger partial charge in [0.05, 0.1) is 0 Å². The second-order valence-corrected chi connectivity index (χ2v) is 1.56. The normalized spacial score (nSPS) is 6.44. The van der Waals surface area contributed by atoms with Gasteiger partial charge in [-0.2, -0.15) is 0 Å². The van der Waals surface area contributed by atoms with E-state index in [1.54, 1.807) is 0 Å². The standard InChI is InChI=1S/Fe.2Mn.Na.Ni.4O/q+2;;+2;+1;+2;;;2*-1. The first kappa shape index (κ1) is 29.9. The third-order valence-corrected chi connectivity index (χ3v) is 0. The Bertz CT molecular complexity index is 102. The minimum absolute atomic E-state index is 0. The van der Waals surface area contributed by atoms with E-state index in [1.165, 1.54) is 0 Å². The molecule has 0 fully saturated rings. The van der Waals surface area contributed by atoms with Gasteiger partial charge in [-0.15, -0.1) is 0 Å². The molecule has 0 heterocycles. The summed E-state index contributed by atoms with van der Waals surface area (Å²) in [5, 5.41) is 0. The van der Waals surface area contributed by atoms with Crippen molar-refractivity contribution < 1.29 is 110 Å². The zero-order chi connectivity index (χ0) is 4.50. The van der Waals surface area contributed by atoms with Crippen LogP contribution in [0.2, 0.25) is 0 Å². The summed E-state index contributed by atoms with van der Waals surface area (Å²) in [5.41, 5.74) is 0. The molecule has 0 bridgehead atoms. The predicted octanol–water partition coefficient (Wildman–Crippen LogP) is -5.62. The SMILES string of the molecule is [Fe+2].[Mn+2].[Na+].[Ni+2].[O]=[Mn](=[O])([O-])[O-]. The molecule has 52 valence electrons. The second-order valence-electron chi connectivity index (χ2n) is 0.378. The fourth-order valence-electron chi connectivity index (χ4n) is 0. The molecule has 0 aliphatic rings. The van der Waals surface area contributed by atoms with Crippen molar-refractivity contribution in [2.45, 2.75) is 0 Å². The summed E-state index contributed by atoms with van der Waals surface area (Å²) >= 11 is -5.62. The summed E-state index contributed by atoms with van der Waals surface area (Å²) in [6.07, 6.45) is 0. The second kappa shape index (κ2) is 13.2. The molecule has 0 atom stereocenters. The topological polar surface area (TPSA) is 80.3 Å². The Labute approximate surface area is 108 Å². The van der Waals surface area contributed by atoms with Crippen LogP contribution in [-0.4, -0.2) is 0 Å². The van der Waals surface area contributed by atoms with Crippen molar-refractivity contribution in [2.24, 2.45) is 0 Å². The van der Waals surface area contributed by atoms with Gasteiger partial charge in [-0.3, -0.25) is 0 Å². The van der Waals surface area contributed by atoms with E-state index < -0.39 is 13.4 Å². The first-order chi connectivity index (χ1) is 2.00. The van der Waals surface area contributed by atoms with Crippen molar-refractivity contribution in [3.05, 3.63) is 0 Å². The van der Waals surface area contributed by atoms with Crippen LogP contribution in [-0.2, 0) is 71.7 Å². The van der Waals surface area contributed by atoms with Gasteiger partial charge in [0.2, 0.25) is 0 Å². The van der Waals surface area contributed by atoms with Gasteiger partial charge in [-0.1, -0.05) is 0 Å². The van der Waals surface area contributed by atoms with E-state index in [9.17, 15) is 0 Å². The van der Waals surface area contributed by atoms with Crippen LogP contribution in [0.15, 0.2) is 0 Å². The van der Waals surface area contributed by atoms with Gasteiger partial charge in [0.25, 0.3) is 0 Å². The van der Waals surface area contributed by atoms with Crippen molar-refractivity contribution in [2.75, 3.05) is 0 Å². The van der Waals surface area contributed by atoms with Crippen LogP contribution in [0.5, 0.6) is 0 Å². The Balaban J connectivity index is -0.0000000133. The van der Waals surface area contributed by atoms with Gasteiger partial charge in [-0.05, 0) is 0 Å². The van der Waals surface area contributed by atoms with E-state index in [1.807, 2.05) is 0 Å². The first-order valence-electron chi connectivity index (χ1n) is 0.617. The molecule has 0 saturated carbocycles. The van der Waals surface area contributed by atoms with Crippen LogP contribution in [0.4, 0.5) is 0 Å². The Kier molecular flexibility index (Phi) is 43.9. The average molecular weight is 311 g/mol. The van der Waals surface area contributed by atoms with Gasteiger partial charge in [-0.25, -0.2) is 0 Å². The van der Waals surface area contributed by atoms with Crippen molar-refractivity contribution in [1.29, 1.82) is 0 Å². The molecule has 9 heteroatoms. The summed E-state index contributed by atoms with van der Waals surface area (Å²) < 4.78 is 34.3. The molecule has 0 aliphatic carbocycles. The van der Waals surface area contributed by atoms with Gasteiger partial charge < -0.3 is 0 Å². The Morgan fingerprint density at radius 1 is 1.11 bits per heavy atom. The van der Waals surface area contributed by atoms with Crippen LogP contribution in [0.25, 0.3) is 0 Å².